The standard InChI is InChI=1S/C9H7BrN2/c10-8-3-1-2-4-9(8)12-6-5-11-7-12/h1-7H/i5D,6D,7D. The third kappa shape index (κ3) is 1.28. The van der Waals surface area contributed by atoms with Gasteiger partial charge in [-0.25, -0.2) is 4.98 Å². The van der Waals surface area contributed by atoms with Crippen molar-refractivity contribution in [2.75, 3.05) is 0 Å². The van der Waals surface area contributed by atoms with Gasteiger partial charge in [0.25, 0.3) is 0 Å². The van der Waals surface area contributed by atoms with Crippen molar-refractivity contribution < 1.29 is 4.11 Å². The van der Waals surface area contributed by atoms with Crippen LogP contribution in [0.2, 0.25) is 0 Å². The molecule has 0 amide bonds. The summed E-state index contributed by atoms with van der Waals surface area (Å²) in [5.41, 5.74) is 0.651. The van der Waals surface area contributed by atoms with Crippen LogP contribution in [0.4, 0.5) is 0 Å². The first-order valence-corrected chi connectivity index (χ1v) is 4.18. The van der Waals surface area contributed by atoms with Gasteiger partial charge in [-0.05, 0) is 28.1 Å². The van der Waals surface area contributed by atoms with E-state index in [2.05, 4.69) is 20.9 Å². The predicted octanol–water partition coefficient (Wildman–Crippen LogP) is 2.63. The first kappa shape index (κ1) is 4.82. The fourth-order valence-corrected chi connectivity index (χ4v) is 1.38. The summed E-state index contributed by atoms with van der Waals surface area (Å²) >= 11 is 3.33. The molecule has 0 radical (unpaired) electrons. The second kappa shape index (κ2) is 3.11. The maximum atomic E-state index is 7.62. The minimum Gasteiger partial charge on any atom is -0.305 e. The molecule has 1 aromatic heterocycles. The number of halogens is 1. The van der Waals surface area contributed by atoms with Crippen LogP contribution in [0.15, 0.2) is 47.4 Å². The topological polar surface area (TPSA) is 17.8 Å². The lowest BCUT2D eigenvalue weighted by Crippen LogP contribution is -1.89. The Morgan fingerprint density at radius 1 is 1.42 bits per heavy atom. The highest BCUT2D eigenvalue weighted by Gasteiger charge is 1.98. The molecule has 2 rings (SSSR count). The van der Waals surface area contributed by atoms with Gasteiger partial charge in [0.05, 0.1) is 14.7 Å². The van der Waals surface area contributed by atoms with Crippen LogP contribution in [0.5, 0.6) is 0 Å². The van der Waals surface area contributed by atoms with Crippen LogP contribution in [-0.4, -0.2) is 9.55 Å². The van der Waals surface area contributed by atoms with Crippen molar-refractivity contribution >= 4 is 15.9 Å². The number of hydrogen-bond donors (Lipinski definition) is 0. The highest BCUT2D eigenvalue weighted by molar-refractivity contribution is 9.10. The van der Waals surface area contributed by atoms with E-state index in [0.717, 1.165) is 4.47 Å². The third-order valence-electron chi connectivity index (χ3n) is 1.46. The van der Waals surface area contributed by atoms with Gasteiger partial charge in [0.1, 0.15) is 1.37 Å². The van der Waals surface area contributed by atoms with Gasteiger partial charge in [-0.1, -0.05) is 12.1 Å². The summed E-state index contributed by atoms with van der Waals surface area (Å²) in [5.74, 6) is 0. The van der Waals surface area contributed by atoms with Crippen LogP contribution in [-0.2, 0) is 0 Å². The first-order chi connectivity index (χ1) is 7.11. The zero-order valence-corrected chi connectivity index (χ0v) is 7.67. The second-order valence-electron chi connectivity index (χ2n) is 2.22. The van der Waals surface area contributed by atoms with Crippen molar-refractivity contribution in [3.05, 3.63) is 47.4 Å². The summed E-state index contributed by atoms with van der Waals surface area (Å²) in [6.45, 7) is 0. The molecule has 0 spiro atoms. The molecule has 0 bridgehead atoms. The lowest BCUT2D eigenvalue weighted by atomic mass is 10.3. The van der Waals surface area contributed by atoms with Gasteiger partial charge in [-0.2, -0.15) is 0 Å². The number of nitrogens with zero attached hydrogens (tertiary/aromatic N) is 2. The molecule has 2 aromatic rings. The van der Waals surface area contributed by atoms with E-state index in [1.807, 2.05) is 18.2 Å². The summed E-state index contributed by atoms with van der Waals surface area (Å²) in [6.07, 6.45) is -0.362. The summed E-state index contributed by atoms with van der Waals surface area (Å²) in [7, 11) is 0. The Labute approximate surface area is 83.2 Å². The normalized spacial score (nSPS) is 13.6. The van der Waals surface area contributed by atoms with Gasteiger partial charge in [-0.15, -0.1) is 0 Å². The number of imidazole rings is 1. The lowest BCUT2D eigenvalue weighted by Gasteiger charge is -2.02. The molecule has 60 valence electrons. The van der Waals surface area contributed by atoms with E-state index >= 15 is 0 Å². The molecule has 0 aliphatic heterocycles. The van der Waals surface area contributed by atoms with Crippen molar-refractivity contribution in [3.8, 4) is 5.69 Å². The molecular weight excluding hydrogens is 216 g/mol. The Balaban J connectivity index is 2.69. The zero-order chi connectivity index (χ0) is 11.0. The van der Waals surface area contributed by atoms with Gasteiger partial charge in [-0.3, -0.25) is 0 Å². The van der Waals surface area contributed by atoms with Crippen molar-refractivity contribution in [3.63, 3.8) is 0 Å². The molecule has 0 aliphatic carbocycles. The van der Waals surface area contributed by atoms with Crippen LogP contribution in [0.3, 0.4) is 0 Å². The van der Waals surface area contributed by atoms with Crippen LogP contribution >= 0.6 is 15.9 Å². The quantitative estimate of drug-likeness (QED) is 0.730. The predicted molar refractivity (Wildman–Crippen MR) is 51.3 cm³/mol. The molecule has 0 fully saturated rings. The van der Waals surface area contributed by atoms with E-state index in [1.165, 1.54) is 4.57 Å². The van der Waals surface area contributed by atoms with Crippen LogP contribution < -0.4 is 0 Å². The maximum Gasteiger partial charge on any atom is 0.105 e. The number of rotatable bonds is 1. The van der Waals surface area contributed by atoms with Crippen molar-refractivity contribution in [1.82, 2.24) is 9.55 Å². The summed E-state index contributed by atoms with van der Waals surface area (Å²) in [5, 5.41) is 0. The van der Waals surface area contributed by atoms with Gasteiger partial charge >= 0.3 is 0 Å². The SMILES string of the molecule is [2H]c1nc([2H])n(-c2ccccc2Br)c1[2H]. The summed E-state index contributed by atoms with van der Waals surface area (Å²) in [6, 6.07) is 7.24. The molecular formula is C9H7BrN2. The maximum absolute atomic E-state index is 7.62. The molecule has 0 atom stereocenters. The summed E-state index contributed by atoms with van der Waals surface area (Å²) < 4.78 is 24.6. The van der Waals surface area contributed by atoms with Crippen LogP contribution in [0.25, 0.3) is 5.69 Å². The second-order valence-corrected chi connectivity index (χ2v) is 3.08. The number of benzene rings is 1. The molecule has 1 heterocycles. The van der Waals surface area contributed by atoms with Crippen molar-refractivity contribution in [2.45, 2.75) is 0 Å². The third-order valence-corrected chi connectivity index (χ3v) is 2.13. The number of aromatic nitrogens is 2. The average Bonchev–Trinajstić information content (AvgIpc) is 2.43. The molecule has 2 nitrogen and oxygen atoms in total. The Hall–Kier alpha value is -1.09. The number of para-hydroxylation sites is 1. The lowest BCUT2D eigenvalue weighted by molar-refractivity contribution is 1.05. The van der Waals surface area contributed by atoms with Crippen LogP contribution in [0.1, 0.15) is 4.11 Å². The Morgan fingerprint density at radius 2 is 2.25 bits per heavy atom. The monoisotopic (exact) mass is 225 g/mol. The van der Waals surface area contributed by atoms with E-state index < -0.39 is 0 Å². The van der Waals surface area contributed by atoms with Crippen molar-refractivity contribution in [2.24, 2.45) is 0 Å². The Kier molecular flexibility index (Phi) is 1.25. The molecule has 1 aromatic carbocycles. The van der Waals surface area contributed by atoms with E-state index in [0.29, 0.717) is 5.69 Å². The van der Waals surface area contributed by atoms with E-state index in [-0.39, 0.29) is 18.6 Å². The Morgan fingerprint density at radius 3 is 2.92 bits per heavy atom. The zero-order valence-electron chi connectivity index (χ0n) is 9.08. The molecule has 0 unspecified atom stereocenters. The molecule has 0 saturated heterocycles. The minimum absolute atomic E-state index is 0.0769. The molecule has 0 N–H and O–H groups in total. The van der Waals surface area contributed by atoms with E-state index in [9.17, 15) is 0 Å². The van der Waals surface area contributed by atoms with E-state index in [1.54, 1.807) is 6.07 Å². The molecule has 3 heteroatoms. The average molecular weight is 226 g/mol. The molecule has 12 heavy (non-hydrogen) atoms. The molecule has 0 saturated carbocycles. The largest absolute Gasteiger partial charge is 0.305 e. The van der Waals surface area contributed by atoms with Gasteiger partial charge < -0.3 is 4.57 Å². The smallest absolute Gasteiger partial charge is 0.105 e. The highest BCUT2D eigenvalue weighted by Crippen LogP contribution is 2.19. The van der Waals surface area contributed by atoms with Gasteiger partial charge in [0, 0.05) is 16.8 Å². The fraction of sp³-hybridized carbons (Fsp3) is 0. The fourth-order valence-electron chi connectivity index (χ4n) is 0.922. The van der Waals surface area contributed by atoms with Crippen LogP contribution in [0, 0.1) is 0 Å². The van der Waals surface area contributed by atoms with Gasteiger partial charge in [0.2, 0.25) is 0 Å². The van der Waals surface area contributed by atoms with Gasteiger partial charge in [0.15, 0.2) is 0 Å². The van der Waals surface area contributed by atoms with Crippen molar-refractivity contribution in [1.29, 1.82) is 0 Å². The first-order valence-electron chi connectivity index (χ1n) is 4.88. The summed E-state index contributed by atoms with van der Waals surface area (Å²) in [4.78, 5) is 3.62. The highest BCUT2D eigenvalue weighted by atomic mass is 79.9. The van der Waals surface area contributed by atoms with E-state index in [4.69, 9.17) is 4.11 Å². The minimum atomic E-state index is -0.184. The Bertz CT molecular complexity index is 510. The number of hydrogen-bond acceptors (Lipinski definition) is 1. The molecule has 0 aliphatic rings.